The van der Waals surface area contributed by atoms with Crippen molar-refractivity contribution in [3.05, 3.63) is 43.1 Å². The third kappa shape index (κ3) is 3.66. The summed E-state index contributed by atoms with van der Waals surface area (Å²) in [4.78, 5) is 4.05. The molecule has 17 heavy (non-hydrogen) atoms. The van der Waals surface area contributed by atoms with Crippen molar-refractivity contribution in [1.82, 2.24) is 10.1 Å². The van der Waals surface area contributed by atoms with Crippen LogP contribution < -0.4 is 0 Å². The van der Waals surface area contributed by atoms with E-state index in [9.17, 15) is 0 Å². The van der Waals surface area contributed by atoms with Crippen LogP contribution in [-0.4, -0.2) is 10.1 Å². The Bertz CT molecular complexity index is 405. The zero-order chi connectivity index (χ0) is 12.2. The zero-order valence-corrected chi connectivity index (χ0v) is 10.6. The predicted molar refractivity (Wildman–Crippen MR) is 68.2 cm³/mol. The first-order chi connectivity index (χ1) is 7.58. The van der Waals surface area contributed by atoms with Crippen LogP contribution in [0, 0.1) is 5.41 Å². The Kier molecular flexibility index (Phi) is 5.51. The van der Waals surface area contributed by atoms with Crippen LogP contribution in [0.15, 0.2) is 41.8 Å². The lowest BCUT2D eigenvalue weighted by molar-refractivity contribution is 0.414. The molecule has 0 fully saturated rings. The molecule has 0 aliphatic heterocycles. The van der Waals surface area contributed by atoms with E-state index in [0.717, 1.165) is 12.0 Å². The second kappa shape index (κ2) is 6.13. The first-order valence-corrected chi connectivity index (χ1v) is 5.24. The molecule has 1 aliphatic rings. The fraction of sp³-hybridized carbons (Fsp3) is 0.385. The third-order valence-corrected chi connectivity index (χ3v) is 2.48. The molecule has 0 N–H and O–H groups in total. The molecule has 1 heterocycles. The van der Waals surface area contributed by atoms with Gasteiger partial charge in [0.25, 0.3) is 0 Å². The molecule has 1 aliphatic carbocycles. The summed E-state index contributed by atoms with van der Waals surface area (Å²) in [5, 5.41) is 3.84. The van der Waals surface area contributed by atoms with Crippen LogP contribution in [0.4, 0.5) is 4.70 Å². The van der Waals surface area contributed by atoms with Gasteiger partial charge in [-0.25, -0.2) is 0 Å². The molecule has 1 aromatic rings. The van der Waals surface area contributed by atoms with E-state index in [4.69, 9.17) is 4.52 Å². The van der Waals surface area contributed by atoms with E-state index in [1.54, 1.807) is 0 Å². The predicted octanol–water partition coefficient (Wildman–Crippen LogP) is 3.78. The molecular formula is C13H19FN2O. The Morgan fingerprint density at radius 1 is 1.35 bits per heavy atom. The van der Waals surface area contributed by atoms with Gasteiger partial charge in [-0.15, -0.1) is 13.2 Å². The monoisotopic (exact) mass is 238 g/mol. The van der Waals surface area contributed by atoms with Gasteiger partial charge >= 0.3 is 0 Å². The summed E-state index contributed by atoms with van der Waals surface area (Å²) in [5.41, 5.74) is 2.66. The van der Waals surface area contributed by atoms with Crippen molar-refractivity contribution >= 4 is 5.57 Å². The normalized spacial score (nSPS) is 16.9. The highest BCUT2D eigenvalue weighted by molar-refractivity contribution is 5.73. The standard InChI is InChI=1S/C11H14N2O.C2H4.FH/c1-8-6-11(2,3)5-4-9(8)10-12-7-14-13-10;1-2;/h4-5,7H,6H2,1-3H3;1-2H2;1H. The van der Waals surface area contributed by atoms with Crippen molar-refractivity contribution in [3.63, 3.8) is 0 Å². The average Bonchev–Trinajstić information content (AvgIpc) is 2.72. The second-order valence-corrected chi connectivity index (χ2v) is 4.45. The maximum atomic E-state index is 4.74. The van der Waals surface area contributed by atoms with Crippen LogP contribution in [0.3, 0.4) is 0 Å². The summed E-state index contributed by atoms with van der Waals surface area (Å²) in [5.74, 6) is 0.689. The van der Waals surface area contributed by atoms with Gasteiger partial charge in [0.1, 0.15) is 0 Å². The lowest BCUT2D eigenvalue weighted by atomic mass is 9.80. The van der Waals surface area contributed by atoms with Gasteiger partial charge in [0, 0.05) is 5.57 Å². The molecule has 94 valence electrons. The number of hydrogen-bond donors (Lipinski definition) is 0. The number of aromatic nitrogens is 2. The molecule has 4 heteroatoms. The topological polar surface area (TPSA) is 38.9 Å². The van der Waals surface area contributed by atoms with E-state index in [-0.39, 0.29) is 10.1 Å². The molecule has 3 nitrogen and oxygen atoms in total. The van der Waals surface area contributed by atoms with Gasteiger partial charge in [0.05, 0.1) is 0 Å². The van der Waals surface area contributed by atoms with Gasteiger partial charge in [-0.05, 0) is 18.8 Å². The summed E-state index contributed by atoms with van der Waals surface area (Å²) in [6, 6.07) is 0. The maximum absolute atomic E-state index is 4.74. The van der Waals surface area contributed by atoms with Crippen LogP contribution >= 0.6 is 0 Å². The lowest BCUT2D eigenvalue weighted by Gasteiger charge is -2.25. The van der Waals surface area contributed by atoms with Gasteiger partial charge in [-0.3, -0.25) is 4.70 Å². The van der Waals surface area contributed by atoms with E-state index >= 15 is 0 Å². The van der Waals surface area contributed by atoms with Crippen LogP contribution in [-0.2, 0) is 0 Å². The third-order valence-electron chi connectivity index (χ3n) is 2.48. The van der Waals surface area contributed by atoms with Gasteiger partial charge in [0.15, 0.2) is 0 Å². The first kappa shape index (κ1) is 15.3. The first-order valence-electron chi connectivity index (χ1n) is 5.24. The highest BCUT2D eigenvalue weighted by Crippen LogP contribution is 2.35. The van der Waals surface area contributed by atoms with Crippen molar-refractivity contribution in [3.8, 4) is 0 Å². The minimum Gasteiger partial charge on any atom is -0.342 e. The van der Waals surface area contributed by atoms with Crippen molar-refractivity contribution in [2.24, 2.45) is 5.41 Å². The fourth-order valence-electron chi connectivity index (χ4n) is 1.84. The summed E-state index contributed by atoms with van der Waals surface area (Å²) in [6.07, 6.45) is 6.70. The van der Waals surface area contributed by atoms with Gasteiger partial charge in [0.2, 0.25) is 12.2 Å². The van der Waals surface area contributed by atoms with Crippen LogP contribution in [0.1, 0.15) is 33.0 Å². The molecule has 0 saturated carbocycles. The Labute approximate surface area is 101 Å². The molecular weight excluding hydrogens is 219 g/mol. The van der Waals surface area contributed by atoms with Gasteiger partial charge < -0.3 is 4.52 Å². The fourth-order valence-corrected chi connectivity index (χ4v) is 1.84. The molecule has 2 rings (SSSR count). The molecule has 0 saturated heterocycles. The summed E-state index contributed by atoms with van der Waals surface area (Å²) in [6.45, 7) is 12.6. The number of nitrogens with zero attached hydrogens (tertiary/aromatic N) is 2. The quantitative estimate of drug-likeness (QED) is 0.699. The maximum Gasteiger partial charge on any atom is 0.214 e. The Hall–Kier alpha value is -1.71. The van der Waals surface area contributed by atoms with Crippen molar-refractivity contribution in [1.29, 1.82) is 0 Å². The summed E-state index contributed by atoms with van der Waals surface area (Å²) < 4.78 is 4.74. The minimum absolute atomic E-state index is 0. The van der Waals surface area contributed by atoms with E-state index in [2.05, 4.69) is 56.2 Å². The van der Waals surface area contributed by atoms with Crippen molar-refractivity contribution in [2.45, 2.75) is 27.2 Å². The molecule has 0 radical (unpaired) electrons. The molecule has 0 spiro atoms. The zero-order valence-electron chi connectivity index (χ0n) is 10.6. The number of hydrogen-bond acceptors (Lipinski definition) is 3. The average molecular weight is 238 g/mol. The van der Waals surface area contributed by atoms with E-state index in [1.807, 2.05) is 0 Å². The van der Waals surface area contributed by atoms with E-state index < -0.39 is 0 Å². The number of allylic oxidation sites excluding steroid dienone is 4. The van der Waals surface area contributed by atoms with Crippen molar-refractivity contribution < 1.29 is 9.23 Å². The molecule has 0 bridgehead atoms. The Morgan fingerprint density at radius 3 is 2.47 bits per heavy atom. The molecule has 0 aromatic carbocycles. The smallest absolute Gasteiger partial charge is 0.214 e. The van der Waals surface area contributed by atoms with Gasteiger partial charge in [-0.1, -0.05) is 36.7 Å². The summed E-state index contributed by atoms with van der Waals surface area (Å²) >= 11 is 0. The van der Waals surface area contributed by atoms with E-state index in [1.165, 1.54) is 12.0 Å². The van der Waals surface area contributed by atoms with Crippen LogP contribution in [0.5, 0.6) is 0 Å². The van der Waals surface area contributed by atoms with Crippen LogP contribution in [0.25, 0.3) is 5.57 Å². The SMILES string of the molecule is C=C.CC1=C(c2ncon2)C=CC(C)(C)C1.F. The molecule has 0 atom stereocenters. The Morgan fingerprint density at radius 2 is 2.00 bits per heavy atom. The van der Waals surface area contributed by atoms with Crippen LogP contribution in [0.2, 0.25) is 0 Å². The molecule has 0 unspecified atom stereocenters. The summed E-state index contributed by atoms with van der Waals surface area (Å²) in [7, 11) is 0. The minimum atomic E-state index is 0. The van der Waals surface area contributed by atoms with E-state index in [0.29, 0.717) is 5.82 Å². The van der Waals surface area contributed by atoms with Crippen molar-refractivity contribution in [2.75, 3.05) is 0 Å². The highest BCUT2D eigenvalue weighted by Gasteiger charge is 2.22. The Balaban J connectivity index is 0.000000811. The number of halogens is 1. The second-order valence-electron chi connectivity index (χ2n) is 4.45. The molecule has 0 amide bonds. The highest BCUT2D eigenvalue weighted by atomic mass is 19.0. The van der Waals surface area contributed by atoms with Gasteiger partial charge in [-0.2, -0.15) is 4.98 Å². The number of rotatable bonds is 1. The molecule has 1 aromatic heterocycles. The largest absolute Gasteiger partial charge is 0.342 e. The lowest BCUT2D eigenvalue weighted by Crippen LogP contribution is -2.12.